The predicted molar refractivity (Wildman–Crippen MR) is 82.1 cm³/mol. The first kappa shape index (κ1) is 13.9. The molecule has 0 bridgehead atoms. The third-order valence-electron chi connectivity index (χ3n) is 4.17. The molecule has 0 atom stereocenters. The Bertz CT molecular complexity index is 447. The van der Waals surface area contributed by atoms with E-state index < -0.39 is 0 Å². The molecule has 0 aliphatic heterocycles. The van der Waals surface area contributed by atoms with Crippen LogP contribution in [0.3, 0.4) is 0 Å². The SMILES string of the molecule is CCN(c1c(C)cccc1C(=N)N)C1CCCCC1. The van der Waals surface area contributed by atoms with Crippen LogP contribution in [-0.4, -0.2) is 18.4 Å². The Kier molecular flexibility index (Phi) is 4.46. The Hall–Kier alpha value is -1.51. The summed E-state index contributed by atoms with van der Waals surface area (Å²) in [4.78, 5) is 2.46. The van der Waals surface area contributed by atoms with E-state index in [9.17, 15) is 0 Å². The summed E-state index contributed by atoms with van der Waals surface area (Å²) in [6.45, 7) is 5.30. The van der Waals surface area contributed by atoms with Crippen molar-refractivity contribution in [1.82, 2.24) is 0 Å². The number of nitrogens with two attached hydrogens (primary N) is 1. The van der Waals surface area contributed by atoms with Crippen molar-refractivity contribution in [3.05, 3.63) is 29.3 Å². The summed E-state index contributed by atoms with van der Waals surface area (Å²) in [6.07, 6.45) is 6.53. The van der Waals surface area contributed by atoms with E-state index in [0.29, 0.717) is 6.04 Å². The van der Waals surface area contributed by atoms with Crippen molar-refractivity contribution in [1.29, 1.82) is 5.41 Å². The van der Waals surface area contributed by atoms with Crippen molar-refractivity contribution < 1.29 is 0 Å². The largest absolute Gasteiger partial charge is 0.384 e. The molecule has 1 aromatic rings. The van der Waals surface area contributed by atoms with E-state index in [0.717, 1.165) is 12.1 Å². The van der Waals surface area contributed by atoms with Crippen LogP contribution >= 0.6 is 0 Å². The Morgan fingerprint density at radius 2 is 2.00 bits per heavy atom. The van der Waals surface area contributed by atoms with Gasteiger partial charge >= 0.3 is 0 Å². The zero-order valence-corrected chi connectivity index (χ0v) is 12.1. The van der Waals surface area contributed by atoms with Crippen molar-refractivity contribution in [3.8, 4) is 0 Å². The molecule has 0 aromatic heterocycles. The van der Waals surface area contributed by atoms with Crippen LogP contribution in [0, 0.1) is 12.3 Å². The van der Waals surface area contributed by atoms with Crippen LogP contribution < -0.4 is 10.6 Å². The highest BCUT2D eigenvalue weighted by Gasteiger charge is 2.23. The van der Waals surface area contributed by atoms with Crippen molar-refractivity contribution in [2.24, 2.45) is 5.73 Å². The van der Waals surface area contributed by atoms with Gasteiger partial charge in [-0.15, -0.1) is 0 Å². The Morgan fingerprint density at radius 3 is 2.58 bits per heavy atom. The van der Waals surface area contributed by atoms with Gasteiger partial charge in [0.1, 0.15) is 5.84 Å². The Labute approximate surface area is 116 Å². The number of rotatable bonds is 4. The van der Waals surface area contributed by atoms with Crippen LogP contribution in [0.1, 0.15) is 50.2 Å². The highest BCUT2D eigenvalue weighted by molar-refractivity contribution is 6.01. The molecule has 0 unspecified atom stereocenters. The van der Waals surface area contributed by atoms with Gasteiger partial charge in [-0.25, -0.2) is 0 Å². The lowest BCUT2D eigenvalue weighted by Gasteiger charge is -2.37. The summed E-state index contributed by atoms with van der Waals surface area (Å²) >= 11 is 0. The number of hydrogen-bond acceptors (Lipinski definition) is 2. The third kappa shape index (κ3) is 2.91. The second-order valence-corrected chi connectivity index (χ2v) is 5.46. The van der Waals surface area contributed by atoms with E-state index in [-0.39, 0.29) is 5.84 Å². The smallest absolute Gasteiger partial charge is 0.124 e. The number of amidine groups is 1. The number of aryl methyl sites for hydroxylation is 1. The van der Waals surface area contributed by atoms with Crippen LogP contribution in [0.2, 0.25) is 0 Å². The van der Waals surface area contributed by atoms with Gasteiger partial charge in [0.25, 0.3) is 0 Å². The molecule has 3 nitrogen and oxygen atoms in total. The minimum atomic E-state index is 0.174. The maximum Gasteiger partial charge on any atom is 0.124 e. The van der Waals surface area contributed by atoms with Gasteiger partial charge in [-0.05, 0) is 38.3 Å². The minimum absolute atomic E-state index is 0.174. The highest BCUT2D eigenvalue weighted by atomic mass is 15.2. The van der Waals surface area contributed by atoms with Crippen molar-refractivity contribution in [2.45, 2.75) is 52.0 Å². The normalized spacial score (nSPS) is 16.3. The molecular formula is C16H25N3. The summed E-state index contributed by atoms with van der Waals surface area (Å²) in [7, 11) is 0. The fourth-order valence-corrected chi connectivity index (χ4v) is 3.25. The van der Waals surface area contributed by atoms with Gasteiger partial charge in [0.2, 0.25) is 0 Å². The maximum atomic E-state index is 7.81. The van der Waals surface area contributed by atoms with Crippen LogP contribution in [0.25, 0.3) is 0 Å². The molecule has 1 aliphatic rings. The number of para-hydroxylation sites is 1. The molecule has 1 fully saturated rings. The summed E-state index contributed by atoms with van der Waals surface area (Å²) in [5.41, 5.74) is 9.04. The van der Waals surface area contributed by atoms with Gasteiger partial charge in [-0.2, -0.15) is 0 Å². The molecule has 1 saturated carbocycles. The molecular weight excluding hydrogens is 234 g/mol. The highest BCUT2D eigenvalue weighted by Crippen LogP contribution is 2.31. The lowest BCUT2D eigenvalue weighted by atomic mass is 9.92. The topological polar surface area (TPSA) is 53.1 Å². The predicted octanol–water partition coefficient (Wildman–Crippen LogP) is 3.44. The molecule has 19 heavy (non-hydrogen) atoms. The zero-order chi connectivity index (χ0) is 13.8. The van der Waals surface area contributed by atoms with E-state index in [4.69, 9.17) is 11.1 Å². The molecule has 2 rings (SSSR count). The van der Waals surface area contributed by atoms with Crippen LogP contribution in [0.4, 0.5) is 5.69 Å². The molecule has 1 aromatic carbocycles. The first-order valence-corrected chi connectivity index (χ1v) is 7.35. The number of anilines is 1. The van der Waals surface area contributed by atoms with E-state index >= 15 is 0 Å². The first-order chi connectivity index (χ1) is 9.15. The lowest BCUT2D eigenvalue weighted by Crippen LogP contribution is -2.38. The molecule has 0 heterocycles. The average Bonchev–Trinajstić information content (AvgIpc) is 2.42. The number of nitrogens with zero attached hydrogens (tertiary/aromatic N) is 1. The monoisotopic (exact) mass is 259 g/mol. The van der Waals surface area contributed by atoms with Gasteiger partial charge in [0, 0.05) is 18.2 Å². The fraction of sp³-hybridized carbons (Fsp3) is 0.562. The zero-order valence-electron chi connectivity index (χ0n) is 12.1. The fourth-order valence-electron chi connectivity index (χ4n) is 3.25. The molecule has 3 heteroatoms. The summed E-state index contributed by atoms with van der Waals surface area (Å²) < 4.78 is 0. The lowest BCUT2D eigenvalue weighted by molar-refractivity contribution is 0.418. The van der Waals surface area contributed by atoms with Crippen molar-refractivity contribution in [2.75, 3.05) is 11.4 Å². The van der Waals surface area contributed by atoms with Crippen LogP contribution in [-0.2, 0) is 0 Å². The molecule has 3 N–H and O–H groups in total. The quantitative estimate of drug-likeness (QED) is 0.643. The number of nitrogens with one attached hydrogen (secondary N) is 1. The molecule has 0 saturated heterocycles. The number of benzene rings is 1. The van der Waals surface area contributed by atoms with E-state index in [1.807, 2.05) is 12.1 Å². The molecule has 1 aliphatic carbocycles. The third-order valence-corrected chi connectivity index (χ3v) is 4.17. The summed E-state index contributed by atoms with van der Waals surface area (Å²) in [5.74, 6) is 0.174. The first-order valence-electron chi connectivity index (χ1n) is 7.35. The number of nitrogen functional groups attached to an aromatic ring is 1. The number of hydrogen-bond donors (Lipinski definition) is 2. The second-order valence-electron chi connectivity index (χ2n) is 5.46. The van der Waals surface area contributed by atoms with Gasteiger partial charge in [-0.1, -0.05) is 31.4 Å². The van der Waals surface area contributed by atoms with Gasteiger partial charge in [0.05, 0.1) is 5.69 Å². The van der Waals surface area contributed by atoms with Gasteiger partial charge in [0.15, 0.2) is 0 Å². The van der Waals surface area contributed by atoms with Crippen LogP contribution in [0.5, 0.6) is 0 Å². The van der Waals surface area contributed by atoms with E-state index in [1.54, 1.807) is 0 Å². The molecule has 0 radical (unpaired) electrons. The second kappa shape index (κ2) is 6.09. The van der Waals surface area contributed by atoms with Crippen molar-refractivity contribution >= 4 is 11.5 Å². The van der Waals surface area contributed by atoms with E-state index in [1.165, 1.54) is 43.4 Å². The summed E-state index contributed by atoms with van der Waals surface area (Å²) in [5, 5.41) is 7.81. The van der Waals surface area contributed by atoms with E-state index in [2.05, 4.69) is 24.8 Å². The molecule has 0 amide bonds. The molecule has 0 spiro atoms. The molecule has 104 valence electrons. The van der Waals surface area contributed by atoms with Crippen LogP contribution in [0.15, 0.2) is 18.2 Å². The summed E-state index contributed by atoms with van der Waals surface area (Å²) in [6, 6.07) is 6.69. The van der Waals surface area contributed by atoms with Crippen molar-refractivity contribution in [3.63, 3.8) is 0 Å². The Morgan fingerprint density at radius 1 is 1.32 bits per heavy atom. The maximum absolute atomic E-state index is 7.81. The minimum Gasteiger partial charge on any atom is -0.384 e. The Balaban J connectivity index is 2.39. The van der Waals surface area contributed by atoms with Gasteiger partial charge in [-0.3, -0.25) is 5.41 Å². The standard InChI is InChI=1S/C16H25N3/c1-3-19(13-9-5-4-6-10-13)15-12(2)8-7-11-14(15)16(17)18/h7-8,11,13H,3-6,9-10H2,1-2H3,(H3,17,18). The van der Waals surface area contributed by atoms with Gasteiger partial charge < -0.3 is 10.6 Å². The average molecular weight is 259 g/mol.